The molecule has 0 spiro atoms. The molecule has 2 nitrogen and oxygen atoms in total. The van der Waals surface area contributed by atoms with Gasteiger partial charge in [-0.1, -0.05) is 182 Å². The summed E-state index contributed by atoms with van der Waals surface area (Å²) >= 11 is 0. The van der Waals surface area contributed by atoms with Gasteiger partial charge in [-0.05, 0) is 126 Å². The second-order valence-corrected chi connectivity index (χ2v) is 16.8. The van der Waals surface area contributed by atoms with Crippen molar-refractivity contribution in [1.82, 2.24) is 0 Å². The molecule has 298 valence electrons. The van der Waals surface area contributed by atoms with E-state index in [1.54, 1.807) is 0 Å². The van der Waals surface area contributed by atoms with Crippen molar-refractivity contribution in [3.05, 3.63) is 237 Å². The number of nitrogens with zero attached hydrogens (tertiary/aromatic N) is 1. The molecule has 0 radical (unpaired) electrons. The van der Waals surface area contributed by atoms with Crippen LogP contribution in [-0.2, 0) is 0 Å². The maximum Gasteiger partial charge on any atom is 0.143 e. The maximum absolute atomic E-state index is 6.48. The molecule has 0 saturated heterocycles. The molecule has 64 heavy (non-hydrogen) atoms. The van der Waals surface area contributed by atoms with Crippen LogP contribution in [0.2, 0.25) is 0 Å². The molecule has 12 aromatic rings. The summed E-state index contributed by atoms with van der Waals surface area (Å²) in [4.78, 5) is 2.45. The SMILES string of the molecule is c1cc(-c2ccc3c(c2)-c2cc(-c4cccc5ccccc45)ccc2N(c2ccc(-c4cccc5c4oc4ccccc45)cc2)c2ccccc2-3)cc(-c2ccc3ccccc3c2)c1. The van der Waals surface area contributed by atoms with Gasteiger partial charge in [-0.25, -0.2) is 0 Å². The zero-order valence-corrected chi connectivity index (χ0v) is 34.9. The van der Waals surface area contributed by atoms with E-state index in [1.165, 1.54) is 77.2 Å². The minimum atomic E-state index is 0.905. The topological polar surface area (TPSA) is 16.4 Å². The normalized spacial score (nSPS) is 12.0. The van der Waals surface area contributed by atoms with Gasteiger partial charge in [0, 0.05) is 33.2 Å². The maximum atomic E-state index is 6.48. The van der Waals surface area contributed by atoms with Crippen LogP contribution in [0.15, 0.2) is 241 Å². The van der Waals surface area contributed by atoms with E-state index in [2.05, 4.69) is 229 Å². The minimum absolute atomic E-state index is 0.905. The van der Waals surface area contributed by atoms with Crippen LogP contribution in [0.1, 0.15) is 0 Å². The monoisotopic (exact) mass is 813 g/mol. The Hall–Kier alpha value is -8.46. The lowest BCUT2D eigenvalue weighted by Gasteiger charge is -2.28. The highest BCUT2D eigenvalue weighted by Gasteiger charge is 2.27. The fourth-order valence-corrected chi connectivity index (χ4v) is 10.1. The van der Waals surface area contributed by atoms with Crippen LogP contribution in [0.4, 0.5) is 17.1 Å². The van der Waals surface area contributed by atoms with Gasteiger partial charge in [0.05, 0.1) is 11.4 Å². The molecule has 1 aliphatic heterocycles. The van der Waals surface area contributed by atoms with Crippen LogP contribution in [0.25, 0.3) is 110 Å². The number of rotatable bonds is 5. The van der Waals surface area contributed by atoms with Crippen LogP contribution in [0.3, 0.4) is 0 Å². The average molecular weight is 814 g/mol. The third-order valence-corrected chi connectivity index (χ3v) is 13.2. The van der Waals surface area contributed by atoms with Crippen molar-refractivity contribution in [2.45, 2.75) is 0 Å². The summed E-state index contributed by atoms with van der Waals surface area (Å²) in [5.41, 5.74) is 19.3. The number of furan rings is 1. The molecule has 2 heterocycles. The van der Waals surface area contributed by atoms with Crippen molar-refractivity contribution in [1.29, 1.82) is 0 Å². The summed E-state index contributed by atoms with van der Waals surface area (Å²) < 4.78 is 6.48. The molecular weight excluding hydrogens is 775 g/mol. The second-order valence-electron chi connectivity index (χ2n) is 16.8. The predicted molar refractivity (Wildman–Crippen MR) is 270 cm³/mol. The van der Waals surface area contributed by atoms with E-state index >= 15 is 0 Å². The summed E-state index contributed by atoms with van der Waals surface area (Å²) in [6.07, 6.45) is 0. The van der Waals surface area contributed by atoms with Gasteiger partial charge < -0.3 is 9.32 Å². The third-order valence-electron chi connectivity index (χ3n) is 13.2. The minimum Gasteiger partial charge on any atom is -0.455 e. The molecular formula is C62H39NO. The van der Waals surface area contributed by atoms with Crippen molar-refractivity contribution in [2.24, 2.45) is 0 Å². The Morgan fingerprint density at radius 1 is 0.266 bits per heavy atom. The molecule has 13 rings (SSSR count). The van der Waals surface area contributed by atoms with Crippen LogP contribution in [0.5, 0.6) is 0 Å². The van der Waals surface area contributed by atoms with Gasteiger partial charge in [-0.15, -0.1) is 0 Å². The van der Waals surface area contributed by atoms with Crippen LogP contribution in [-0.4, -0.2) is 0 Å². The lowest BCUT2D eigenvalue weighted by molar-refractivity contribution is 0.670. The Balaban J connectivity index is 0.990. The average Bonchev–Trinajstić information content (AvgIpc) is 3.70. The molecule has 0 saturated carbocycles. The number of para-hydroxylation sites is 3. The van der Waals surface area contributed by atoms with Crippen molar-refractivity contribution in [3.8, 4) is 66.8 Å². The number of hydrogen-bond donors (Lipinski definition) is 0. The van der Waals surface area contributed by atoms with E-state index in [9.17, 15) is 0 Å². The molecule has 0 atom stereocenters. The first-order chi connectivity index (χ1) is 31.7. The standard InChI is InChI=1S/C62H39NO/c1-2-14-43-36-46(27-26-40(43)12-1)44-16-9-17-45(37-44)47-30-34-53-54-19-5-7-24-59(54)63(49-32-28-42(29-33-49)52-22-11-23-56-55-20-6-8-25-61(55)64-62(52)56)60-35-31-48(39-58(60)57(53)38-47)51-21-10-15-41-13-3-4-18-50(41)51/h1-39H. The highest BCUT2D eigenvalue weighted by atomic mass is 16.3. The van der Waals surface area contributed by atoms with E-state index in [4.69, 9.17) is 4.42 Å². The molecule has 0 N–H and O–H groups in total. The Bertz CT molecular complexity index is 3790. The summed E-state index contributed by atoms with van der Waals surface area (Å²) in [6.45, 7) is 0. The van der Waals surface area contributed by atoms with Crippen molar-refractivity contribution in [3.63, 3.8) is 0 Å². The lowest BCUT2D eigenvalue weighted by Crippen LogP contribution is -2.11. The van der Waals surface area contributed by atoms with E-state index in [-0.39, 0.29) is 0 Å². The van der Waals surface area contributed by atoms with Gasteiger partial charge in [0.1, 0.15) is 11.2 Å². The predicted octanol–water partition coefficient (Wildman–Crippen LogP) is 17.7. The first kappa shape index (κ1) is 36.2. The highest BCUT2D eigenvalue weighted by Crippen LogP contribution is 2.53. The molecule has 0 aliphatic carbocycles. The molecule has 0 amide bonds. The summed E-state index contributed by atoms with van der Waals surface area (Å²) in [6, 6.07) is 86.3. The first-order valence-corrected chi connectivity index (χ1v) is 22.0. The molecule has 2 heteroatoms. The van der Waals surface area contributed by atoms with Gasteiger partial charge in [-0.3, -0.25) is 0 Å². The van der Waals surface area contributed by atoms with Crippen molar-refractivity contribution in [2.75, 3.05) is 4.90 Å². The van der Waals surface area contributed by atoms with Gasteiger partial charge in [0.15, 0.2) is 0 Å². The number of hydrogen-bond acceptors (Lipinski definition) is 2. The van der Waals surface area contributed by atoms with Gasteiger partial charge in [0.2, 0.25) is 0 Å². The third kappa shape index (κ3) is 5.88. The fourth-order valence-electron chi connectivity index (χ4n) is 10.1. The number of benzene rings is 11. The second kappa shape index (κ2) is 14.6. The van der Waals surface area contributed by atoms with E-state index in [1.807, 2.05) is 12.1 Å². The van der Waals surface area contributed by atoms with Crippen LogP contribution in [0, 0.1) is 0 Å². The van der Waals surface area contributed by atoms with E-state index in [0.717, 1.165) is 50.1 Å². The van der Waals surface area contributed by atoms with Crippen LogP contribution >= 0.6 is 0 Å². The van der Waals surface area contributed by atoms with Gasteiger partial charge in [0.25, 0.3) is 0 Å². The molecule has 1 aliphatic rings. The Morgan fingerprint density at radius 3 is 1.73 bits per heavy atom. The highest BCUT2D eigenvalue weighted by molar-refractivity contribution is 6.10. The molecule has 11 aromatic carbocycles. The molecule has 1 aromatic heterocycles. The zero-order chi connectivity index (χ0) is 42.1. The smallest absolute Gasteiger partial charge is 0.143 e. The molecule has 0 unspecified atom stereocenters. The Morgan fingerprint density at radius 2 is 0.844 bits per heavy atom. The fraction of sp³-hybridized carbons (Fsp3) is 0. The molecule has 0 fully saturated rings. The van der Waals surface area contributed by atoms with E-state index in [0.29, 0.717) is 0 Å². The zero-order valence-electron chi connectivity index (χ0n) is 34.9. The summed E-state index contributed by atoms with van der Waals surface area (Å²) in [7, 11) is 0. The Kier molecular flexibility index (Phi) is 8.25. The first-order valence-electron chi connectivity index (χ1n) is 22.0. The number of anilines is 3. The van der Waals surface area contributed by atoms with Crippen LogP contribution < -0.4 is 4.90 Å². The summed E-state index contributed by atoms with van der Waals surface area (Å²) in [5, 5.41) is 7.24. The summed E-state index contributed by atoms with van der Waals surface area (Å²) in [5.74, 6) is 0. The largest absolute Gasteiger partial charge is 0.455 e. The van der Waals surface area contributed by atoms with Crippen molar-refractivity contribution >= 4 is 60.5 Å². The van der Waals surface area contributed by atoms with Crippen molar-refractivity contribution < 1.29 is 4.42 Å². The lowest BCUT2D eigenvalue weighted by atomic mass is 9.88. The quantitative estimate of drug-likeness (QED) is 0.172. The number of fused-ring (bicyclic) bond motifs is 10. The Labute approximate surface area is 371 Å². The van der Waals surface area contributed by atoms with Gasteiger partial charge in [-0.2, -0.15) is 0 Å². The molecule has 0 bridgehead atoms. The van der Waals surface area contributed by atoms with E-state index < -0.39 is 0 Å². The van der Waals surface area contributed by atoms with Gasteiger partial charge >= 0.3 is 0 Å².